The summed E-state index contributed by atoms with van der Waals surface area (Å²) in [5, 5.41) is 0. The van der Waals surface area contributed by atoms with Gasteiger partial charge in [0.2, 0.25) is 0 Å². The van der Waals surface area contributed by atoms with Gasteiger partial charge in [-0.2, -0.15) is 0 Å². The van der Waals surface area contributed by atoms with Crippen molar-refractivity contribution in [2.75, 3.05) is 0 Å². The van der Waals surface area contributed by atoms with Gasteiger partial charge in [0.05, 0.1) is 6.04 Å². The van der Waals surface area contributed by atoms with Crippen molar-refractivity contribution >= 4 is 6.08 Å². The SMILES string of the molecule is C(=C\[C@@H](c1ccccc1)N(Cc1ccccc1)Cc1ccccc1)/c1ccccc1. The van der Waals surface area contributed by atoms with Gasteiger partial charge in [-0.25, -0.2) is 0 Å². The van der Waals surface area contributed by atoms with Crippen LogP contribution in [0.15, 0.2) is 127 Å². The minimum absolute atomic E-state index is 0.173. The van der Waals surface area contributed by atoms with Gasteiger partial charge in [-0.3, -0.25) is 4.90 Å². The smallest absolute Gasteiger partial charge is 0.0541 e. The van der Waals surface area contributed by atoms with Crippen LogP contribution in [0.4, 0.5) is 0 Å². The molecule has 1 nitrogen and oxygen atoms in total. The fourth-order valence-corrected chi connectivity index (χ4v) is 3.75. The van der Waals surface area contributed by atoms with E-state index in [9.17, 15) is 0 Å². The van der Waals surface area contributed by atoms with Crippen LogP contribution in [-0.4, -0.2) is 4.90 Å². The van der Waals surface area contributed by atoms with E-state index in [0.29, 0.717) is 0 Å². The maximum absolute atomic E-state index is 2.54. The molecule has 4 aromatic carbocycles. The first-order valence-corrected chi connectivity index (χ1v) is 10.5. The van der Waals surface area contributed by atoms with E-state index in [0.717, 1.165) is 13.1 Å². The number of hydrogen-bond donors (Lipinski definition) is 0. The number of rotatable bonds is 8. The maximum atomic E-state index is 2.54. The zero-order valence-electron chi connectivity index (χ0n) is 17.1. The third-order valence-corrected chi connectivity index (χ3v) is 5.26. The van der Waals surface area contributed by atoms with E-state index in [1.54, 1.807) is 0 Å². The molecule has 4 aromatic rings. The van der Waals surface area contributed by atoms with E-state index in [1.165, 1.54) is 22.3 Å². The number of nitrogens with zero attached hydrogens (tertiary/aromatic N) is 1. The summed E-state index contributed by atoms with van der Waals surface area (Å²) >= 11 is 0. The van der Waals surface area contributed by atoms with Crippen molar-refractivity contribution in [1.82, 2.24) is 4.90 Å². The highest BCUT2D eigenvalue weighted by Gasteiger charge is 2.18. The van der Waals surface area contributed by atoms with E-state index in [1.807, 2.05) is 0 Å². The molecule has 0 heterocycles. The Labute approximate surface area is 179 Å². The Morgan fingerprint density at radius 1 is 0.533 bits per heavy atom. The topological polar surface area (TPSA) is 3.24 Å². The average Bonchev–Trinajstić information content (AvgIpc) is 2.82. The third-order valence-electron chi connectivity index (χ3n) is 5.26. The summed E-state index contributed by atoms with van der Waals surface area (Å²) in [4.78, 5) is 2.54. The summed E-state index contributed by atoms with van der Waals surface area (Å²) in [6, 6.07) is 43.0. The third kappa shape index (κ3) is 5.56. The van der Waals surface area contributed by atoms with Crippen LogP contribution in [0.25, 0.3) is 6.08 Å². The summed E-state index contributed by atoms with van der Waals surface area (Å²) in [7, 11) is 0. The van der Waals surface area contributed by atoms with E-state index >= 15 is 0 Å². The van der Waals surface area contributed by atoms with Gasteiger partial charge in [-0.05, 0) is 22.3 Å². The predicted octanol–water partition coefficient (Wildman–Crippen LogP) is 7.14. The van der Waals surface area contributed by atoms with Crippen molar-refractivity contribution in [3.8, 4) is 0 Å². The highest BCUT2D eigenvalue weighted by atomic mass is 15.1. The highest BCUT2D eigenvalue weighted by molar-refractivity contribution is 5.50. The van der Waals surface area contributed by atoms with Gasteiger partial charge in [0.1, 0.15) is 0 Å². The Hall–Kier alpha value is -3.42. The van der Waals surface area contributed by atoms with Crippen molar-refractivity contribution in [3.05, 3.63) is 150 Å². The van der Waals surface area contributed by atoms with Crippen molar-refractivity contribution in [2.45, 2.75) is 19.1 Å². The molecule has 0 bridgehead atoms. The summed E-state index contributed by atoms with van der Waals surface area (Å²) in [6.07, 6.45) is 4.57. The molecule has 148 valence electrons. The second-order valence-corrected chi connectivity index (χ2v) is 7.50. The molecule has 0 radical (unpaired) electrons. The zero-order valence-corrected chi connectivity index (χ0v) is 17.1. The lowest BCUT2D eigenvalue weighted by molar-refractivity contribution is 0.213. The first kappa shape index (κ1) is 19.9. The van der Waals surface area contributed by atoms with Crippen molar-refractivity contribution in [3.63, 3.8) is 0 Å². The molecule has 1 atom stereocenters. The first-order chi connectivity index (χ1) is 14.9. The molecule has 0 aliphatic carbocycles. The number of benzene rings is 4. The minimum Gasteiger partial charge on any atom is -0.284 e. The predicted molar refractivity (Wildman–Crippen MR) is 127 cm³/mol. The lowest BCUT2D eigenvalue weighted by Crippen LogP contribution is -2.27. The molecule has 0 saturated carbocycles. The lowest BCUT2D eigenvalue weighted by atomic mass is 10.0. The molecule has 0 aliphatic rings. The average molecular weight is 390 g/mol. The van der Waals surface area contributed by atoms with Crippen molar-refractivity contribution in [1.29, 1.82) is 0 Å². The molecule has 1 heteroatoms. The Morgan fingerprint density at radius 3 is 1.47 bits per heavy atom. The van der Waals surface area contributed by atoms with Crippen LogP contribution < -0.4 is 0 Å². The molecule has 30 heavy (non-hydrogen) atoms. The van der Waals surface area contributed by atoms with Gasteiger partial charge in [-0.1, -0.05) is 133 Å². The van der Waals surface area contributed by atoms with Crippen LogP contribution in [-0.2, 0) is 13.1 Å². The molecule has 0 unspecified atom stereocenters. The largest absolute Gasteiger partial charge is 0.284 e. The van der Waals surface area contributed by atoms with Gasteiger partial charge < -0.3 is 0 Å². The fraction of sp³-hybridized carbons (Fsp3) is 0.103. The highest BCUT2D eigenvalue weighted by Crippen LogP contribution is 2.27. The maximum Gasteiger partial charge on any atom is 0.0541 e. The van der Waals surface area contributed by atoms with Crippen molar-refractivity contribution < 1.29 is 0 Å². The van der Waals surface area contributed by atoms with E-state index in [2.05, 4.69) is 138 Å². The quantitative estimate of drug-likeness (QED) is 0.309. The van der Waals surface area contributed by atoms with Crippen LogP contribution in [0.1, 0.15) is 28.3 Å². The molecule has 0 N–H and O–H groups in total. The summed E-state index contributed by atoms with van der Waals surface area (Å²) in [5.41, 5.74) is 5.17. The van der Waals surface area contributed by atoms with Crippen LogP contribution in [0, 0.1) is 0 Å². The summed E-state index contributed by atoms with van der Waals surface area (Å²) < 4.78 is 0. The minimum atomic E-state index is 0.173. The van der Waals surface area contributed by atoms with Gasteiger partial charge in [0.25, 0.3) is 0 Å². The van der Waals surface area contributed by atoms with Crippen LogP contribution in [0.5, 0.6) is 0 Å². The van der Waals surface area contributed by atoms with Crippen LogP contribution in [0.2, 0.25) is 0 Å². The molecule has 0 saturated heterocycles. The van der Waals surface area contributed by atoms with Gasteiger partial charge in [0, 0.05) is 13.1 Å². The van der Waals surface area contributed by atoms with Gasteiger partial charge in [0.15, 0.2) is 0 Å². The summed E-state index contributed by atoms with van der Waals surface area (Å²) in [5.74, 6) is 0. The molecule has 0 amide bonds. The monoisotopic (exact) mass is 389 g/mol. The standard InChI is InChI=1S/C29H27N/c1-5-13-25(14-6-1)21-22-29(28-19-11-4-12-20-28)30(23-26-15-7-2-8-16-26)24-27-17-9-3-10-18-27/h1-22,29H,23-24H2/b22-21+/t29-/m0/s1. The molecular weight excluding hydrogens is 362 g/mol. The van der Waals surface area contributed by atoms with Gasteiger partial charge >= 0.3 is 0 Å². The molecule has 0 aliphatic heterocycles. The Kier molecular flexibility index (Phi) is 6.88. The zero-order chi connectivity index (χ0) is 20.4. The van der Waals surface area contributed by atoms with Crippen LogP contribution in [0.3, 0.4) is 0 Å². The normalized spacial score (nSPS) is 12.3. The molecular formula is C29H27N. The van der Waals surface area contributed by atoms with Crippen LogP contribution >= 0.6 is 0 Å². The molecule has 0 aromatic heterocycles. The van der Waals surface area contributed by atoms with E-state index in [-0.39, 0.29) is 6.04 Å². The first-order valence-electron chi connectivity index (χ1n) is 10.5. The number of hydrogen-bond acceptors (Lipinski definition) is 1. The Bertz CT molecular complexity index is 983. The Balaban J connectivity index is 1.70. The van der Waals surface area contributed by atoms with E-state index in [4.69, 9.17) is 0 Å². The van der Waals surface area contributed by atoms with Gasteiger partial charge in [-0.15, -0.1) is 0 Å². The second kappa shape index (κ2) is 10.4. The second-order valence-electron chi connectivity index (χ2n) is 7.50. The molecule has 4 rings (SSSR count). The van der Waals surface area contributed by atoms with E-state index < -0.39 is 0 Å². The van der Waals surface area contributed by atoms with Crippen molar-refractivity contribution in [2.24, 2.45) is 0 Å². The Morgan fingerprint density at radius 2 is 0.967 bits per heavy atom. The molecule has 0 spiro atoms. The lowest BCUT2D eigenvalue weighted by Gasteiger charge is -2.30. The summed E-state index contributed by atoms with van der Waals surface area (Å²) in [6.45, 7) is 1.77. The fourth-order valence-electron chi connectivity index (χ4n) is 3.75. The molecule has 0 fully saturated rings.